The standard InChI is InChI=1S/C34H51N3O4/c1-6-7-8-9-10-11-12-13-14-17-23-35-31(38)26-37(34(2,3)4)33(40)28-20-18-21-29(24-28)36-30-22-16-15-19-27(30)25-32(39)41-5/h15-16,18-22,24,36H,6-14,17,23,25-26H2,1-5H3,(H,35,38). The van der Waals surface area contributed by atoms with Gasteiger partial charge in [-0.15, -0.1) is 0 Å². The second-order valence-corrected chi connectivity index (χ2v) is 11.7. The van der Waals surface area contributed by atoms with E-state index in [1.54, 1.807) is 17.0 Å². The van der Waals surface area contributed by atoms with Crippen molar-refractivity contribution < 1.29 is 19.1 Å². The number of rotatable bonds is 18. The van der Waals surface area contributed by atoms with Gasteiger partial charge in [0.2, 0.25) is 5.91 Å². The van der Waals surface area contributed by atoms with Gasteiger partial charge >= 0.3 is 5.97 Å². The molecule has 2 amide bonds. The first-order valence-corrected chi connectivity index (χ1v) is 15.3. The van der Waals surface area contributed by atoms with Crippen LogP contribution in [-0.4, -0.2) is 48.4 Å². The highest BCUT2D eigenvalue weighted by Gasteiger charge is 2.29. The maximum Gasteiger partial charge on any atom is 0.310 e. The Hall–Kier alpha value is -3.35. The smallest absolute Gasteiger partial charge is 0.310 e. The van der Waals surface area contributed by atoms with Crippen LogP contribution in [0.2, 0.25) is 0 Å². The lowest BCUT2D eigenvalue weighted by Gasteiger charge is -2.35. The Balaban J connectivity index is 1.90. The van der Waals surface area contributed by atoms with Crippen molar-refractivity contribution in [3.05, 3.63) is 59.7 Å². The molecule has 0 aliphatic rings. The van der Waals surface area contributed by atoms with Gasteiger partial charge in [0, 0.05) is 29.0 Å². The number of anilines is 2. The highest BCUT2D eigenvalue weighted by atomic mass is 16.5. The van der Waals surface area contributed by atoms with Gasteiger partial charge in [0.05, 0.1) is 13.5 Å². The fourth-order valence-corrected chi connectivity index (χ4v) is 4.72. The summed E-state index contributed by atoms with van der Waals surface area (Å²) in [6, 6.07) is 14.7. The topological polar surface area (TPSA) is 87.7 Å². The van der Waals surface area contributed by atoms with E-state index in [1.165, 1.54) is 58.5 Å². The van der Waals surface area contributed by atoms with Crippen molar-refractivity contribution in [1.82, 2.24) is 10.2 Å². The van der Waals surface area contributed by atoms with E-state index in [4.69, 9.17) is 4.74 Å². The monoisotopic (exact) mass is 565 g/mol. The van der Waals surface area contributed by atoms with Crippen LogP contribution in [0.3, 0.4) is 0 Å². The van der Waals surface area contributed by atoms with Crippen molar-refractivity contribution in [2.24, 2.45) is 0 Å². The van der Waals surface area contributed by atoms with E-state index in [0.29, 0.717) is 17.8 Å². The van der Waals surface area contributed by atoms with E-state index in [2.05, 4.69) is 17.6 Å². The quantitative estimate of drug-likeness (QED) is 0.145. The number of para-hydroxylation sites is 1. The molecule has 7 heteroatoms. The first kappa shape index (κ1) is 33.9. The van der Waals surface area contributed by atoms with Crippen molar-refractivity contribution in [3.63, 3.8) is 0 Å². The van der Waals surface area contributed by atoms with E-state index in [9.17, 15) is 14.4 Å². The lowest BCUT2D eigenvalue weighted by atomic mass is 10.0. The minimum atomic E-state index is -0.540. The highest BCUT2D eigenvalue weighted by Crippen LogP contribution is 2.24. The third kappa shape index (κ3) is 12.8. The first-order valence-electron chi connectivity index (χ1n) is 15.3. The molecular formula is C34H51N3O4. The molecule has 226 valence electrons. The predicted molar refractivity (Wildman–Crippen MR) is 168 cm³/mol. The Bertz CT molecular complexity index is 1090. The fraction of sp³-hybridized carbons (Fsp3) is 0.559. The van der Waals surface area contributed by atoms with E-state index < -0.39 is 5.54 Å². The molecule has 0 saturated carbocycles. The van der Waals surface area contributed by atoms with Crippen molar-refractivity contribution in [2.75, 3.05) is 25.5 Å². The van der Waals surface area contributed by atoms with Crippen LogP contribution in [0.4, 0.5) is 11.4 Å². The molecule has 0 radical (unpaired) electrons. The number of nitrogens with zero attached hydrogens (tertiary/aromatic N) is 1. The Morgan fingerprint density at radius 2 is 1.46 bits per heavy atom. The molecule has 0 heterocycles. The third-order valence-corrected chi connectivity index (χ3v) is 7.18. The van der Waals surface area contributed by atoms with Gasteiger partial charge in [-0.25, -0.2) is 0 Å². The number of hydrogen-bond acceptors (Lipinski definition) is 5. The largest absolute Gasteiger partial charge is 0.469 e. The second kappa shape index (κ2) is 18.2. The molecule has 2 aromatic carbocycles. The molecule has 0 fully saturated rings. The van der Waals surface area contributed by atoms with Gasteiger partial charge in [-0.2, -0.15) is 0 Å². The normalized spacial score (nSPS) is 11.1. The van der Waals surface area contributed by atoms with Crippen LogP contribution in [-0.2, 0) is 20.7 Å². The summed E-state index contributed by atoms with van der Waals surface area (Å²) >= 11 is 0. The summed E-state index contributed by atoms with van der Waals surface area (Å²) < 4.78 is 4.81. The number of amides is 2. The van der Waals surface area contributed by atoms with E-state index >= 15 is 0 Å². The fourth-order valence-electron chi connectivity index (χ4n) is 4.72. The Morgan fingerprint density at radius 3 is 2.10 bits per heavy atom. The molecule has 0 aliphatic carbocycles. The van der Waals surface area contributed by atoms with Crippen molar-refractivity contribution in [3.8, 4) is 0 Å². The molecular weight excluding hydrogens is 514 g/mol. The molecule has 0 aliphatic heterocycles. The van der Waals surface area contributed by atoms with E-state index in [1.807, 2.05) is 57.2 Å². The lowest BCUT2D eigenvalue weighted by Crippen LogP contribution is -2.50. The zero-order valence-corrected chi connectivity index (χ0v) is 25.9. The van der Waals surface area contributed by atoms with Crippen LogP contribution in [0.15, 0.2) is 48.5 Å². The van der Waals surface area contributed by atoms with E-state index in [0.717, 1.165) is 24.1 Å². The maximum atomic E-state index is 13.6. The number of carbonyl (C=O) groups excluding carboxylic acids is 3. The van der Waals surface area contributed by atoms with Gasteiger partial charge in [0.25, 0.3) is 5.91 Å². The highest BCUT2D eigenvalue weighted by molar-refractivity contribution is 5.98. The predicted octanol–water partition coefficient (Wildman–Crippen LogP) is 7.42. The van der Waals surface area contributed by atoms with Gasteiger partial charge in [0.1, 0.15) is 6.54 Å². The van der Waals surface area contributed by atoms with Crippen LogP contribution in [0.5, 0.6) is 0 Å². The average molecular weight is 566 g/mol. The molecule has 0 atom stereocenters. The molecule has 0 bridgehead atoms. The number of carbonyl (C=O) groups is 3. The summed E-state index contributed by atoms with van der Waals surface area (Å²) in [4.78, 5) is 39.8. The molecule has 0 spiro atoms. The van der Waals surface area contributed by atoms with Gasteiger partial charge in [-0.3, -0.25) is 14.4 Å². The number of hydrogen-bond donors (Lipinski definition) is 2. The number of benzene rings is 2. The van der Waals surface area contributed by atoms with Crippen LogP contribution >= 0.6 is 0 Å². The van der Waals surface area contributed by atoms with Gasteiger partial charge in [-0.05, 0) is 57.0 Å². The summed E-state index contributed by atoms with van der Waals surface area (Å²) in [6.07, 6.45) is 12.6. The zero-order valence-electron chi connectivity index (χ0n) is 25.9. The molecule has 2 rings (SSSR count). The zero-order chi connectivity index (χ0) is 30.1. The van der Waals surface area contributed by atoms with Crippen LogP contribution in [0.1, 0.15) is 108 Å². The number of unbranched alkanes of at least 4 members (excludes halogenated alkanes) is 9. The summed E-state index contributed by atoms with van der Waals surface area (Å²) in [7, 11) is 1.37. The van der Waals surface area contributed by atoms with Crippen LogP contribution in [0.25, 0.3) is 0 Å². The minimum Gasteiger partial charge on any atom is -0.469 e. The number of methoxy groups -OCH3 is 1. The Kier molecular flexibility index (Phi) is 15.0. The number of esters is 1. The number of ether oxygens (including phenoxy) is 1. The summed E-state index contributed by atoms with van der Waals surface area (Å²) in [5, 5.41) is 6.33. The number of nitrogens with one attached hydrogen (secondary N) is 2. The lowest BCUT2D eigenvalue weighted by molar-refractivity contribution is -0.139. The molecule has 0 unspecified atom stereocenters. The summed E-state index contributed by atoms with van der Waals surface area (Å²) in [5.74, 6) is -0.677. The van der Waals surface area contributed by atoms with Crippen molar-refractivity contribution in [2.45, 2.75) is 104 Å². The maximum absolute atomic E-state index is 13.6. The van der Waals surface area contributed by atoms with Crippen molar-refractivity contribution >= 4 is 29.2 Å². The van der Waals surface area contributed by atoms with Gasteiger partial charge in [0.15, 0.2) is 0 Å². The first-order chi connectivity index (χ1) is 19.7. The van der Waals surface area contributed by atoms with Crippen molar-refractivity contribution in [1.29, 1.82) is 0 Å². The molecule has 0 aromatic heterocycles. The molecule has 41 heavy (non-hydrogen) atoms. The van der Waals surface area contributed by atoms with Crippen LogP contribution < -0.4 is 10.6 Å². The molecule has 2 N–H and O–H groups in total. The Labute approximate surface area is 247 Å². The average Bonchev–Trinajstić information content (AvgIpc) is 2.94. The molecule has 7 nitrogen and oxygen atoms in total. The summed E-state index contributed by atoms with van der Waals surface area (Å²) in [6.45, 7) is 8.68. The molecule has 2 aromatic rings. The van der Waals surface area contributed by atoms with Gasteiger partial charge < -0.3 is 20.3 Å². The summed E-state index contributed by atoms with van der Waals surface area (Å²) in [5.41, 5.74) is 2.22. The van der Waals surface area contributed by atoms with Gasteiger partial charge in [-0.1, -0.05) is 89.0 Å². The third-order valence-electron chi connectivity index (χ3n) is 7.18. The van der Waals surface area contributed by atoms with E-state index in [-0.39, 0.29) is 30.7 Å². The minimum absolute atomic E-state index is 0.000285. The second-order valence-electron chi connectivity index (χ2n) is 11.7. The van der Waals surface area contributed by atoms with Crippen LogP contribution in [0, 0.1) is 0 Å². The Morgan fingerprint density at radius 1 is 0.829 bits per heavy atom. The molecule has 0 saturated heterocycles. The SMILES string of the molecule is CCCCCCCCCCCCNC(=O)CN(C(=O)c1cccc(Nc2ccccc2CC(=O)OC)c1)C(C)(C)C.